The minimum atomic E-state index is 0.532. The minimum Gasteiger partial charge on any atom is -0.394 e. The normalized spacial score (nSPS) is 18.4. The van der Waals surface area contributed by atoms with Crippen LogP contribution in [0.15, 0.2) is 12.5 Å². The highest BCUT2D eigenvalue weighted by Crippen LogP contribution is 2.22. The Bertz CT molecular complexity index is 305. The number of hydrogen-bond donors (Lipinski definition) is 2. The molecule has 4 heteroatoms. The molecule has 82 valence electrons. The van der Waals surface area contributed by atoms with Crippen molar-refractivity contribution < 1.29 is 0 Å². The molecule has 1 heterocycles. The lowest BCUT2D eigenvalue weighted by Crippen LogP contribution is -2.20. The van der Waals surface area contributed by atoms with Gasteiger partial charge in [-0.1, -0.05) is 25.7 Å². The van der Waals surface area contributed by atoms with Crippen LogP contribution in [-0.4, -0.2) is 16.0 Å². The molecule has 0 bridgehead atoms. The van der Waals surface area contributed by atoms with Crippen molar-refractivity contribution in [2.45, 2.75) is 44.6 Å². The summed E-state index contributed by atoms with van der Waals surface area (Å²) in [6.45, 7) is 0. The zero-order valence-electron chi connectivity index (χ0n) is 8.95. The number of anilines is 2. The molecule has 0 aromatic carbocycles. The molecule has 1 fully saturated rings. The van der Waals surface area contributed by atoms with Gasteiger partial charge in [-0.3, -0.25) is 0 Å². The van der Waals surface area contributed by atoms with Crippen molar-refractivity contribution in [2.75, 3.05) is 11.1 Å². The van der Waals surface area contributed by atoms with Gasteiger partial charge in [0.05, 0.1) is 11.9 Å². The Kier molecular flexibility index (Phi) is 3.37. The van der Waals surface area contributed by atoms with E-state index < -0.39 is 0 Å². The largest absolute Gasteiger partial charge is 0.394 e. The smallest absolute Gasteiger partial charge is 0.152 e. The molecule has 0 amide bonds. The van der Waals surface area contributed by atoms with Crippen LogP contribution in [0.4, 0.5) is 11.5 Å². The van der Waals surface area contributed by atoms with Gasteiger partial charge in [0.2, 0.25) is 0 Å². The lowest BCUT2D eigenvalue weighted by atomic mass is 10.1. The average molecular weight is 206 g/mol. The fourth-order valence-electron chi connectivity index (χ4n) is 2.08. The second-order valence-electron chi connectivity index (χ2n) is 4.16. The summed E-state index contributed by atoms with van der Waals surface area (Å²) in [5.41, 5.74) is 6.43. The van der Waals surface area contributed by atoms with Crippen LogP contribution in [0.1, 0.15) is 38.5 Å². The monoisotopic (exact) mass is 206 g/mol. The summed E-state index contributed by atoms with van der Waals surface area (Å²) >= 11 is 0. The van der Waals surface area contributed by atoms with Gasteiger partial charge < -0.3 is 11.1 Å². The maximum atomic E-state index is 5.79. The lowest BCUT2D eigenvalue weighted by molar-refractivity contribution is 0.618. The third kappa shape index (κ3) is 2.81. The number of aromatic nitrogens is 2. The van der Waals surface area contributed by atoms with Gasteiger partial charge in [0.15, 0.2) is 5.82 Å². The highest BCUT2D eigenvalue weighted by molar-refractivity contribution is 5.59. The zero-order valence-corrected chi connectivity index (χ0v) is 8.95. The van der Waals surface area contributed by atoms with E-state index in [0.29, 0.717) is 11.7 Å². The molecule has 0 spiro atoms. The molecule has 4 nitrogen and oxygen atoms in total. The number of nitrogens with zero attached hydrogens (tertiary/aromatic N) is 2. The van der Waals surface area contributed by atoms with E-state index in [4.69, 9.17) is 5.73 Å². The van der Waals surface area contributed by atoms with E-state index in [9.17, 15) is 0 Å². The summed E-state index contributed by atoms with van der Waals surface area (Å²) in [5, 5.41) is 3.41. The van der Waals surface area contributed by atoms with E-state index in [1.165, 1.54) is 44.9 Å². The molecule has 0 unspecified atom stereocenters. The summed E-state index contributed by atoms with van der Waals surface area (Å²) in [5.74, 6) is 0.789. The topological polar surface area (TPSA) is 63.8 Å². The average Bonchev–Trinajstić information content (AvgIpc) is 2.50. The van der Waals surface area contributed by atoms with Crippen molar-refractivity contribution in [3.63, 3.8) is 0 Å². The summed E-state index contributed by atoms with van der Waals surface area (Å²) in [6.07, 6.45) is 11.0. The molecule has 3 N–H and O–H groups in total. The molecule has 2 rings (SSSR count). The first kappa shape index (κ1) is 10.2. The minimum absolute atomic E-state index is 0.532. The van der Waals surface area contributed by atoms with Crippen LogP contribution in [0.2, 0.25) is 0 Å². The van der Waals surface area contributed by atoms with Gasteiger partial charge in [-0.15, -0.1) is 0 Å². The maximum Gasteiger partial charge on any atom is 0.152 e. The highest BCUT2D eigenvalue weighted by atomic mass is 15.1. The standard InChI is InChI=1S/C11H18N4/c12-10-7-13-8-14-11(10)15-9-5-3-1-2-4-6-9/h7-9H,1-6,12H2,(H,13,14,15). The van der Waals surface area contributed by atoms with E-state index >= 15 is 0 Å². The molecule has 1 saturated carbocycles. The second kappa shape index (κ2) is 4.96. The SMILES string of the molecule is Nc1cncnc1NC1CCCCCC1. The number of nitrogens with two attached hydrogens (primary N) is 1. The number of rotatable bonds is 2. The van der Waals surface area contributed by atoms with Crippen molar-refractivity contribution in [1.82, 2.24) is 9.97 Å². The second-order valence-corrected chi connectivity index (χ2v) is 4.16. The molecule has 0 aliphatic heterocycles. The van der Waals surface area contributed by atoms with Gasteiger partial charge in [0, 0.05) is 6.04 Å². The van der Waals surface area contributed by atoms with Crippen LogP contribution in [0, 0.1) is 0 Å². The maximum absolute atomic E-state index is 5.79. The Balaban J connectivity index is 1.98. The Labute approximate surface area is 90.3 Å². The van der Waals surface area contributed by atoms with E-state index in [1.807, 2.05) is 0 Å². The first-order valence-electron chi connectivity index (χ1n) is 5.68. The van der Waals surface area contributed by atoms with E-state index in [-0.39, 0.29) is 0 Å². The van der Waals surface area contributed by atoms with Gasteiger partial charge >= 0.3 is 0 Å². The van der Waals surface area contributed by atoms with Crippen LogP contribution >= 0.6 is 0 Å². The van der Waals surface area contributed by atoms with Gasteiger partial charge in [-0.25, -0.2) is 9.97 Å². The van der Waals surface area contributed by atoms with Crippen molar-refractivity contribution >= 4 is 11.5 Å². The summed E-state index contributed by atoms with van der Waals surface area (Å²) in [6, 6.07) is 0.532. The molecule has 1 aromatic rings. The van der Waals surface area contributed by atoms with E-state index in [0.717, 1.165) is 5.82 Å². The summed E-state index contributed by atoms with van der Waals surface area (Å²) in [7, 11) is 0. The van der Waals surface area contributed by atoms with Crippen LogP contribution in [0.25, 0.3) is 0 Å². The van der Waals surface area contributed by atoms with E-state index in [2.05, 4.69) is 15.3 Å². The molecule has 0 saturated heterocycles. The predicted octanol–water partition coefficient (Wildman–Crippen LogP) is 2.19. The van der Waals surface area contributed by atoms with Crippen molar-refractivity contribution in [3.8, 4) is 0 Å². The Morgan fingerprint density at radius 1 is 1.20 bits per heavy atom. The fraction of sp³-hybridized carbons (Fsp3) is 0.636. The Morgan fingerprint density at radius 3 is 2.60 bits per heavy atom. The first-order valence-corrected chi connectivity index (χ1v) is 5.68. The predicted molar refractivity (Wildman–Crippen MR) is 61.6 cm³/mol. The van der Waals surface area contributed by atoms with Gasteiger partial charge in [0.1, 0.15) is 6.33 Å². The highest BCUT2D eigenvalue weighted by Gasteiger charge is 2.13. The molecular formula is C11H18N4. The molecule has 1 aliphatic carbocycles. The third-order valence-electron chi connectivity index (χ3n) is 2.94. The Hall–Kier alpha value is -1.32. The van der Waals surface area contributed by atoms with Crippen LogP contribution < -0.4 is 11.1 Å². The first-order chi connectivity index (χ1) is 7.36. The molecule has 15 heavy (non-hydrogen) atoms. The quantitative estimate of drug-likeness (QED) is 0.728. The van der Waals surface area contributed by atoms with Crippen LogP contribution in [0.5, 0.6) is 0 Å². The third-order valence-corrected chi connectivity index (χ3v) is 2.94. The molecule has 0 radical (unpaired) electrons. The summed E-state index contributed by atoms with van der Waals surface area (Å²) in [4.78, 5) is 8.04. The van der Waals surface area contributed by atoms with Gasteiger partial charge in [-0.2, -0.15) is 0 Å². The fourth-order valence-corrected chi connectivity index (χ4v) is 2.08. The van der Waals surface area contributed by atoms with Crippen molar-refractivity contribution in [2.24, 2.45) is 0 Å². The number of hydrogen-bond acceptors (Lipinski definition) is 4. The zero-order chi connectivity index (χ0) is 10.5. The number of nitrogens with one attached hydrogen (secondary N) is 1. The van der Waals surface area contributed by atoms with Crippen molar-refractivity contribution in [1.29, 1.82) is 0 Å². The molecular weight excluding hydrogens is 188 g/mol. The molecule has 0 atom stereocenters. The summed E-state index contributed by atoms with van der Waals surface area (Å²) < 4.78 is 0. The van der Waals surface area contributed by atoms with Gasteiger partial charge in [0.25, 0.3) is 0 Å². The molecule has 1 aromatic heterocycles. The van der Waals surface area contributed by atoms with E-state index in [1.54, 1.807) is 6.20 Å². The molecule has 1 aliphatic rings. The van der Waals surface area contributed by atoms with Gasteiger partial charge in [-0.05, 0) is 12.8 Å². The van der Waals surface area contributed by atoms with Crippen LogP contribution in [-0.2, 0) is 0 Å². The van der Waals surface area contributed by atoms with Crippen LogP contribution in [0.3, 0.4) is 0 Å². The Morgan fingerprint density at radius 2 is 1.93 bits per heavy atom. The number of nitrogen functional groups attached to an aromatic ring is 1. The lowest BCUT2D eigenvalue weighted by Gasteiger charge is -2.17. The van der Waals surface area contributed by atoms with Crippen molar-refractivity contribution in [3.05, 3.63) is 12.5 Å².